The maximum atomic E-state index is 11.9. The van der Waals surface area contributed by atoms with Gasteiger partial charge in [-0.2, -0.15) is 0 Å². The second-order valence-electron chi connectivity index (χ2n) is 5.69. The molecule has 0 aromatic carbocycles. The molecule has 0 radical (unpaired) electrons. The van der Waals surface area contributed by atoms with Crippen LogP contribution in [0.1, 0.15) is 55.3 Å². The van der Waals surface area contributed by atoms with Gasteiger partial charge in [-0.05, 0) is 36.8 Å². The minimum absolute atomic E-state index is 0.0115. The molecule has 1 aromatic rings. The summed E-state index contributed by atoms with van der Waals surface area (Å²) in [6.07, 6.45) is 5.28. The van der Waals surface area contributed by atoms with E-state index in [2.05, 4.69) is 12.2 Å². The average molecular weight is 279 g/mol. The number of aromatic carboxylic acids is 1. The Labute approximate surface area is 118 Å². The summed E-state index contributed by atoms with van der Waals surface area (Å²) in [4.78, 5) is 22.5. The zero-order valence-electron chi connectivity index (χ0n) is 11.7. The van der Waals surface area contributed by atoms with Crippen LogP contribution in [0.25, 0.3) is 0 Å². The molecule has 1 aromatic heterocycles. The minimum Gasteiger partial charge on any atom is -0.475 e. The van der Waals surface area contributed by atoms with Crippen molar-refractivity contribution in [2.75, 3.05) is 0 Å². The predicted octanol–water partition coefficient (Wildman–Crippen LogP) is 2.81. The number of furan rings is 1. The van der Waals surface area contributed by atoms with Crippen LogP contribution in [0.2, 0.25) is 0 Å². The lowest BCUT2D eigenvalue weighted by Crippen LogP contribution is -2.26. The number of carbonyl (C=O) groups excluding carboxylic acids is 1. The average Bonchev–Trinajstić information content (AvgIpc) is 2.85. The lowest BCUT2D eigenvalue weighted by molar-refractivity contribution is -0.122. The van der Waals surface area contributed by atoms with E-state index in [9.17, 15) is 9.59 Å². The van der Waals surface area contributed by atoms with Gasteiger partial charge in [-0.3, -0.25) is 4.79 Å². The fourth-order valence-electron chi connectivity index (χ4n) is 2.85. The van der Waals surface area contributed by atoms with Gasteiger partial charge in [0.2, 0.25) is 11.7 Å². The molecule has 110 valence electrons. The topological polar surface area (TPSA) is 79.5 Å². The molecule has 0 saturated heterocycles. The monoisotopic (exact) mass is 279 g/mol. The zero-order valence-corrected chi connectivity index (χ0v) is 11.7. The Kier molecular flexibility index (Phi) is 4.82. The fraction of sp³-hybridized carbons (Fsp3) is 0.600. The summed E-state index contributed by atoms with van der Waals surface area (Å²) in [6, 6.07) is 2.97. The van der Waals surface area contributed by atoms with Crippen molar-refractivity contribution < 1.29 is 19.1 Å². The Bertz CT molecular complexity index is 480. The first-order chi connectivity index (χ1) is 9.54. The van der Waals surface area contributed by atoms with Crippen molar-refractivity contribution in [3.05, 3.63) is 23.7 Å². The maximum Gasteiger partial charge on any atom is 0.371 e. The molecule has 0 aliphatic heterocycles. The second-order valence-corrected chi connectivity index (χ2v) is 5.69. The van der Waals surface area contributed by atoms with Gasteiger partial charge >= 0.3 is 5.97 Å². The third-order valence-corrected chi connectivity index (χ3v) is 3.85. The van der Waals surface area contributed by atoms with Crippen molar-refractivity contribution in [1.29, 1.82) is 0 Å². The highest BCUT2D eigenvalue weighted by atomic mass is 16.4. The van der Waals surface area contributed by atoms with E-state index in [1.807, 2.05) is 0 Å². The van der Waals surface area contributed by atoms with Crippen LogP contribution < -0.4 is 5.32 Å². The van der Waals surface area contributed by atoms with E-state index in [-0.39, 0.29) is 18.2 Å². The van der Waals surface area contributed by atoms with Crippen molar-refractivity contribution in [1.82, 2.24) is 5.32 Å². The highest BCUT2D eigenvalue weighted by Crippen LogP contribution is 2.30. The van der Waals surface area contributed by atoms with E-state index >= 15 is 0 Å². The zero-order chi connectivity index (χ0) is 14.5. The van der Waals surface area contributed by atoms with Crippen LogP contribution in [0.3, 0.4) is 0 Å². The molecule has 20 heavy (non-hydrogen) atoms. The van der Waals surface area contributed by atoms with E-state index in [1.54, 1.807) is 6.07 Å². The van der Waals surface area contributed by atoms with Gasteiger partial charge in [0.25, 0.3) is 0 Å². The normalized spacial score (nSPS) is 22.4. The van der Waals surface area contributed by atoms with Crippen LogP contribution in [-0.4, -0.2) is 17.0 Å². The molecule has 1 aliphatic carbocycles. The summed E-state index contributed by atoms with van der Waals surface area (Å²) in [7, 11) is 0. The molecule has 1 saturated carbocycles. The molecule has 5 heteroatoms. The van der Waals surface area contributed by atoms with Crippen molar-refractivity contribution >= 4 is 11.9 Å². The number of nitrogens with one attached hydrogen (secondary N) is 1. The summed E-state index contributed by atoms with van der Waals surface area (Å²) < 4.78 is 5.09. The van der Waals surface area contributed by atoms with Crippen LogP contribution in [0.4, 0.5) is 0 Å². The van der Waals surface area contributed by atoms with Crippen LogP contribution in [0, 0.1) is 11.8 Å². The number of carboxylic acids is 1. The highest BCUT2D eigenvalue weighted by molar-refractivity contribution is 5.84. The van der Waals surface area contributed by atoms with E-state index in [4.69, 9.17) is 9.52 Å². The molecule has 1 amide bonds. The summed E-state index contributed by atoms with van der Waals surface area (Å²) in [5.74, 6) is 0.467. The molecule has 2 atom stereocenters. The molecule has 0 spiro atoms. The third kappa shape index (κ3) is 4.11. The van der Waals surface area contributed by atoms with Gasteiger partial charge in [0.15, 0.2) is 0 Å². The molecule has 1 fully saturated rings. The van der Waals surface area contributed by atoms with Gasteiger partial charge in [-0.1, -0.05) is 19.8 Å². The molecule has 0 bridgehead atoms. The Morgan fingerprint density at radius 1 is 1.40 bits per heavy atom. The number of rotatable bonds is 5. The number of carboxylic acid groups (broad SMARTS) is 1. The fourth-order valence-corrected chi connectivity index (χ4v) is 2.85. The minimum atomic E-state index is -1.10. The smallest absolute Gasteiger partial charge is 0.371 e. The van der Waals surface area contributed by atoms with Crippen molar-refractivity contribution in [2.24, 2.45) is 11.8 Å². The van der Waals surface area contributed by atoms with Crippen LogP contribution in [-0.2, 0) is 11.3 Å². The number of amides is 1. The van der Waals surface area contributed by atoms with Crippen molar-refractivity contribution in [3.63, 3.8) is 0 Å². The Morgan fingerprint density at radius 3 is 2.85 bits per heavy atom. The summed E-state index contributed by atoms with van der Waals surface area (Å²) in [6.45, 7) is 2.48. The molecule has 2 unspecified atom stereocenters. The van der Waals surface area contributed by atoms with Crippen molar-refractivity contribution in [3.8, 4) is 0 Å². The first kappa shape index (κ1) is 14.6. The molecule has 1 aliphatic rings. The van der Waals surface area contributed by atoms with Crippen LogP contribution in [0.15, 0.2) is 16.5 Å². The molecule has 2 rings (SSSR count). The summed E-state index contributed by atoms with van der Waals surface area (Å²) >= 11 is 0. The molecular weight excluding hydrogens is 258 g/mol. The van der Waals surface area contributed by atoms with E-state index in [0.717, 1.165) is 12.8 Å². The first-order valence-corrected chi connectivity index (χ1v) is 7.13. The lowest BCUT2D eigenvalue weighted by atomic mass is 9.81. The maximum absolute atomic E-state index is 11.9. The van der Waals surface area contributed by atoms with E-state index in [1.165, 1.54) is 18.9 Å². The third-order valence-electron chi connectivity index (χ3n) is 3.85. The Morgan fingerprint density at radius 2 is 2.20 bits per heavy atom. The van der Waals surface area contributed by atoms with Gasteiger partial charge in [0.05, 0.1) is 6.54 Å². The van der Waals surface area contributed by atoms with Gasteiger partial charge in [0, 0.05) is 6.42 Å². The van der Waals surface area contributed by atoms with Crippen molar-refractivity contribution in [2.45, 2.75) is 45.6 Å². The van der Waals surface area contributed by atoms with Gasteiger partial charge in [0.1, 0.15) is 5.76 Å². The Hall–Kier alpha value is -1.78. The summed E-state index contributed by atoms with van der Waals surface area (Å²) in [5, 5.41) is 11.5. The molecular formula is C15H21NO4. The van der Waals surface area contributed by atoms with Gasteiger partial charge in [-0.25, -0.2) is 4.79 Å². The number of carbonyl (C=O) groups is 2. The first-order valence-electron chi connectivity index (χ1n) is 7.13. The van der Waals surface area contributed by atoms with Gasteiger partial charge in [-0.15, -0.1) is 0 Å². The molecule has 2 N–H and O–H groups in total. The SMILES string of the molecule is CC1CCCC(CC(=O)NCc2ccc(C(=O)O)o2)C1. The predicted molar refractivity (Wildman–Crippen MR) is 73.3 cm³/mol. The molecule has 1 heterocycles. The molecule has 5 nitrogen and oxygen atoms in total. The largest absolute Gasteiger partial charge is 0.475 e. The second kappa shape index (κ2) is 6.59. The van der Waals surface area contributed by atoms with E-state index < -0.39 is 5.97 Å². The van der Waals surface area contributed by atoms with Gasteiger partial charge < -0.3 is 14.8 Å². The van der Waals surface area contributed by atoms with Crippen LogP contribution in [0.5, 0.6) is 0 Å². The van der Waals surface area contributed by atoms with E-state index in [0.29, 0.717) is 24.0 Å². The summed E-state index contributed by atoms with van der Waals surface area (Å²) in [5.41, 5.74) is 0. The van der Waals surface area contributed by atoms with Crippen LogP contribution >= 0.6 is 0 Å². The lowest BCUT2D eigenvalue weighted by Gasteiger charge is -2.26. The standard InChI is InChI=1S/C15H21NO4/c1-10-3-2-4-11(7-10)8-14(17)16-9-12-5-6-13(20-12)15(18)19/h5-6,10-11H,2-4,7-9H2,1H3,(H,16,17)(H,18,19). The Balaban J connectivity index is 1.75. The number of hydrogen-bond acceptors (Lipinski definition) is 3. The number of hydrogen-bond donors (Lipinski definition) is 2. The highest BCUT2D eigenvalue weighted by Gasteiger charge is 2.21. The quantitative estimate of drug-likeness (QED) is 0.868.